The highest BCUT2D eigenvalue weighted by Crippen LogP contribution is 2.25. The number of hydrogen-bond acceptors (Lipinski definition) is 3. The van der Waals surface area contributed by atoms with E-state index in [0.29, 0.717) is 18.8 Å². The third-order valence-electron chi connectivity index (χ3n) is 3.85. The van der Waals surface area contributed by atoms with E-state index in [4.69, 9.17) is 11.6 Å². The van der Waals surface area contributed by atoms with Gasteiger partial charge in [0, 0.05) is 23.9 Å². The summed E-state index contributed by atoms with van der Waals surface area (Å²) >= 11 is 7.58. The first-order valence-electron chi connectivity index (χ1n) is 7.34. The van der Waals surface area contributed by atoms with Crippen molar-refractivity contribution < 1.29 is 4.79 Å². The third kappa shape index (κ3) is 4.42. The lowest BCUT2D eigenvalue weighted by Crippen LogP contribution is -2.36. The van der Waals surface area contributed by atoms with Crippen LogP contribution in [0, 0.1) is 5.92 Å². The highest BCUT2D eigenvalue weighted by Gasteiger charge is 2.13. The average molecular weight is 325 g/mol. The number of amides is 1. The molecular weight excluding hydrogens is 304 g/mol. The molecule has 2 rings (SSSR count). The fraction of sp³-hybridized carbons (Fsp3) is 0.500. The van der Waals surface area contributed by atoms with Gasteiger partial charge in [0.1, 0.15) is 0 Å². The second-order valence-corrected chi connectivity index (χ2v) is 7.01. The summed E-state index contributed by atoms with van der Waals surface area (Å²) in [5.74, 6) is 0.596. The Morgan fingerprint density at radius 2 is 2.19 bits per heavy atom. The van der Waals surface area contributed by atoms with Gasteiger partial charge in [-0.15, -0.1) is 11.3 Å². The van der Waals surface area contributed by atoms with Crippen LogP contribution < -0.4 is 5.32 Å². The van der Waals surface area contributed by atoms with E-state index in [-0.39, 0.29) is 11.9 Å². The van der Waals surface area contributed by atoms with Crippen molar-refractivity contribution in [1.29, 1.82) is 0 Å². The average Bonchev–Trinajstić information content (AvgIpc) is 2.86. The van der Waals surface area contributed by atoms with Crippen LogP contribution in [-0.4, -0.2) is 16.9 Å². The number of hydrogen-bond donors (Lipinski definition) is 1. The molecule has 114 valence electrons. The van der Waals surface area contributed by atoms with Gasteiger partial charge in [-0.3, -0.25) is 4.79 Å². The van der Waals surface area contributed by atoms with Crippen LogP contribution in [0.3, 0.4) is 0 Å². The Morgan fingerprint density at radius 1 is 1.43 bits per heavy atom. The van der Waals surface area contributed by atoms with Crippen LogP contribution in [0.25, 0.3) is 10.2 Å². The van der Waals surface area contributed by atoms with Gasteiger partial charge < -0.3 is 5.32 Å². The van der Waals surface area contributed by atoms with Crippen molar-refractivity contribution in [1.82, 2.24) is 10.3 Å². The summed E-state index contributed by atoms with van der Waals surface area (Å²) in [5.41, 5.74) is 0.952. The molecule has 1 aromatic heterocycles. The van der Waals surface area contributed by atoms with Gasteiger partial charge in [0.25, 0.3) is 0 Å². The smallest absolute Gasteiger partial charge is 0.220 e. The molecule has 0 spiro atoms. The van der Waals surface area contributed by atoms with Crippen molar-refractivity contribution in [3.8, 4) is 0 Å². The van der Waals surface area contributed by atoms with E-state index in [9.17, 15) is 4.79 Å². The Morgan fingerprint density at radius 3 is 2.90 bits per heavy atom. The molecule has 0 bridgehead atoms. The van der Waals surface area contributed by atoms with Gasteiger partial charge in [0.05, 0.1) is 15.2 Å². The molecule has 0 radical (unpaired) electrons. The predicted molar refractivity (Wildman–Crippen MR) is 90.0 cm³/mol. The largest absolute Gasteiger partial charge is 0.353 e. The highest BCUT2D eigenvalue weighted by atomic mass is 35.5. The Bertz CT molecular complexity index is 626. The molecule has 21 heavy (non-hydrogen) atoms. The second kappa shape index (κ2) is 7.23. The Labute approximate surface area is 134 Å². The van der Waals surface area contributed by atoms with E-state index in [1.54, 1.807) is 11.3 Å². The fourth-order valence-corrected chi connectivity index (χ4v) is 3.34. The quantitative estimate of drug-likeness (QED) is 0.853. The molecule has 0 saturated carbocycles. The molecule has 1 aromatic carbocycles. The Balaban J connectivity index is 1.90. The van der Waals surface area contributed by atoms with E-state index < -0.39 is 0 Å². The molecule has 2 unspecified atom stereocenters. The summed E-state index contributed by atoms with van der Waals surface area (Å²) in [4.78, 5) is 16.5. The number of thiazole rings is 1. The Kier molecular flexibility index (Phi) is 5.59. The van der Waals surface area contributed by atoms with Crippen LogP contribution in [0.5, 0.6) is 0 Å². The molecule has 0 aliphatic heterocycles. The topological polar surface area (TPSA) is 42.0 Å². The molecule has 2 aromatic rings. The standard InChI is InChI=1S/C16H21ClN2OS/c1-4-10(2)11(3)18-15(20)7-8-16-19-13-6-5-12(17)9-14(13)21-16/h5-6,9-11H,4,7-8H2,1-3H3,(H,18,20). The molecule has 0 aliphatic carbocycles. The zero-order valence-electron chi connectivity index (χ0n) is 12.6. The normalized spacial score (nSPS) is 14.1. The number of benzene rings is 1. The molecule has 2 atom stereocenters. The maximum absolute atomic E-state index is 12.0. The number of nitrogens with zero attached hydrogens (tertiary/aromatic N) is 1. The summed E-state index contributed by atoms with van der Waals surface area (Å²) < 4.78 is 1.07. The van der Waals surface area contributed by atoms with Gasteiger partial charge in [-0.1, -0.05) is 31.9 Å². The van der Waals surface area contributed by atoms with Crippen molar-refractivity contribution in [2.24, 2.45) is 5.92 Å². The SMILES string of the molecule is CCC(C)C(C)NC(=O)CCc1nc2ccc(Cl)cc2s1. The van der Waals surface area contributed by atoms with E-state index in [1.165, 1.54) is 0 Å². The summed E-state index contributed by atoms with van der Waals surface area (Å²) in [6.07, 6.45) is 2.23. The maximum Gasteiger partial charge on any atom is 0.220 e. The van der Waals surface area contributed by atoms with Crippen molar-refractivity contribution in [2.75, 3.05) is 0 Å². The lowest BCUT2D eigenvalue weighted by Gasteiger charge is -2.19. The first kappa shape index (κ1) is 16.2. The lowest BCUT2D eigenvalue weighted by atomic mass is 10.0. The van der Waals surface area contributed by atoms with Gasteiger partial charge >= 0.3 is 0 Å². The van der Waals surface area contributed by atoms with E-state index in [2.05, 4.69) is 31.1 Å². The van der Waals surface area contributed by atoms with Crippen molar-refractivity contribution >= 4 is 39.1 Å². The van der Waals surface area contributed by atoms with Crippen molar-refractivity contribution in [2.45, 2.75) is 46.1 Å². The number of aromatic nitrogens is 1. The van der Waals surface area contributed by atoms with Crippen molar-refractivity contribution in [3.63, 3.8) is 0 Å². The number of carbonyl (C=O) groups is 1. The molecule has 1 heterocycles. The van der Waals surface area contributed by atoms with Gasteiger partial charge in [0.2, 0.25) is 5.91 Å². The molecule has 1 amide bonds. The fourth-order valence-electron chi connectivity index (χ4n) is 2.10. The van der Waals surface area contributed by atoms with Gasteiger partial charge in [0.15, 0.2) is 0 Å². The maximum atomic E-state index is 12.0. The zero-order chi connectivity index (χ0) is 15.4. The molecule has 0 fully saturated rings. The lowest BCUT2D eigenvalue weighted by molar-refractivity contribution is -0.122. The molecule has 3 nitrogen and oxygen atoms in total. The molecular formula is C16H21ClN2OS. The van der Waals surface area contributed by atoms with Crippen LogP contribution in [0.2, 0.25) is 5.02 Å². The molecule has 0 saturated heterocycles. The number of rotatable bonds is 6. The monoisotopic (exact) mass is 324 g/mol. The van der Waals surface area contributed by atoms with E-state index >= 15 is 0 Å². The van der Waals surface area contributed by atoms with E-state index in [1.807, 2.05) is 18.2 Å². The predicted octanol–water partition coefficient (Wildman–Crippen LogP) is 4.43. The summed E-state index contributed by atoms with van der Waals surface area (Å²) in [7, 11) is 0. The first-order valence-corrected chi connectivity index (χ1v) is 8.53. The number of aryl methyl sites for hydroxylation is 1. The minimum atomic E-state index is 0.0973. The number of halogens is 1. The summed E-state index contributed by atoms with van der Waals surface area (Å²) in [5, 5.41) is 4.77. The second-order valence-electron chi connectivity index (χ2n) is 5.46. The summed E-state index contributed by atoms with van der Waals surface area (Å²) in [6.45, 7) is 6.35. The first-order chi connectivity index (χ1) is 9.99. The van der Waals surface area contributed by atoms with Gasteiger partial charge in [-0.05, 0) is 31.0 Å². The number of fused-ring (bicyclic) bond motifs is 1. The van der Waals surface area contributed by atoms with Crippen LogP contribution in [0.15, 0.2) is 18.2 Å². The van der Waals surface area contributed by atoms with Crippen molar-refractivity contribution in [3.05, 3.63) is 28.2 Å². The minimum absolute atomic E-state index is 0.0973. The van der Waals surface area contributed by atoms with Crippen LogP contribution in [0.1, 0.15) is 38.6 Å². The third-order valence-corrected chi connectivity index (χ3v) is 5.16. The van der Waals surface area contributed by atoms with Gasteiger partial charge in [-0.25, -0.2) is 4.98 Å². The zero-order valence-corrected chi connectivity index (χ0v) is 14.2. The number of nitrogens with one attached hydrogen (secondary N) is 1. The van der Waals surface area contributed by atoms with Crippen LogP contribution in [-0.2, 0) is 11.2 Å². The summed E-state index contributed by atoms with van der Waals surface area (Å²) in [6, 6.07) is 5.90. The molecule has 1 N–H and O–H groups in total. The molecule has 5 heteroatoms. The highest BCUT2D eigenvalue weighted by molar-refractivity contribution is 7.18. The van der Waals surface area contributed by atoms with Crippen LogP contribution >= 0.6 is 22.9 Å². The van der Waals surface area contributed by atoms with Crippen LogP contribution in [0.4, 0.5) is 0 Å². The van der Waals surface area contributed by atoms with E-state index in [0.717, 1.165) is 26.7 Å². The molecule has 0 aliphatic rings. The van der Waals surface area contributed by atoms with Gasteiger partial charge in [-0.2, -0.15) is 0 Å². The number of carbonyl (C=O) groups excluding carboxylic acids is 1. The minimum Gasteiger partial charge on any atom is -0.353 e. The Hall–Kier alpha value is -1.13.